The summed E-state index contributed by atoms with van der Waals surface area (Å²) in [5, 5.41) is 3.06. The molecule has 0 heterocycles. The molecule has 0 atom stereocenters. The van der Waals surface area contributed by atoms with Crippen molar-refractivity contribution in [3.05, 3.63) is 29.3 Å². The van der Waals surface area contributed by atoms with Gasteiger partial charge in [-0.25, -0.2) is 0 Å². The lowest BCUT2D eigenvalue weighted by Crippen LogP contribution is -2.38. The Balaban J connectivity index is 2.30. The highest BCUT2D eigenvalue weighted by Gasteiger charge is 2.36. The van der Waals surface area contributed by atoms with Gasteiger partial charge in [0.25, 0.3) is 0 Å². The molecule has 1 saturated carbocycles. The largest absolute Gasteiger partial charge is 0.418 e. The second kappa shape index (κ2) is 6.04. The highest BCUT2D eigenvalue weighted by atomic mass is 19.4. The molecule has 1 aliphatic carbocycles. The lowest BCUT2D eigenvalue weighted by Gasteiger charge is -2.37. The van der Waals surface area contributed by atoms with E-state index in [9.17, 15) is 13.2 Å². The zero-order chi connectivity index (χ0) is 14.8. The molecule has 0 amide bonds. The number of nitrogens with zero attached hydrogens (tertiary/aromatic N) is 1. The minimum atomic E-state index is -4.31. The maximum atomic E-state index is 13.2. The summed E-state index contributed by atoms with van der Waals surface area (Å²) >= 11 is 0. The third kappa shape index (κ3) is 3.26. The smallest absolute Gasteiger partial charge is 0.371 e. The Bertz CT molecular complexity index is 453. The third-order valence-corrected chi connectivity index (χ3v) is 3.95. The van der Waals surface area contributed by atoms with Gasteiger partial charge in [0.15, 0.2) is 0 Å². The summed E-state index contributed by atoms with van der Waals surface area (Å²) in [6.45, 7) is 3.14. The maximum absolute atomic E-state index is 13.2. The van der Waals surface area contributed by atoms with Crippen molar-refractivity contribution >= 4 is 5.69 Å². The molecule has 1 fully saturated rings. The molecule has 2 rings (SSSR count). The van der Waals surface area contributed by atoms with Gasteiger partial charge in [0.05, 0.1) is 5.56 Å². The SMILES string of the molecule is CCNCc1ccc(N(C)C2CCC2)c(C(F)(F)F)c1. The van der Waals surface area contributed by atoms with Gasteiger partial charge < -0.3 is 10.2 Å². The molecule has 0 unspecified atom stereocenters. The normalized spacial score (nSPS) is 16.1. The topological polar surface area (TPSA) is 15.3 Å². The van der Waals surface area contributed by atoms with Crippen LogP contribution in [-0.4, -0.2) is 19.6 Å². The van der Waals surface area contributed by atoms with Crippen LogP contribution in [0.3, 0.4) is 0 Å². The Morgan fingerprint density at radius 2 is 2.00 bits per heavy atom. The number of benzene rings is 1. The Morgan fingerprint density at radius 1 is 1.30 bits per heavy atom. The third-order valence-electron chi connectivity index (χ3n) is 3.95. The van der Waals surface area contributed by atoms with Gasteiger partial charge in [0, 0.05) is 25.3 Å². The molecule has 1 aromatic carbocycles. The van der Waals surface area contributed by atoms with Crippen LogP contribution >= 0.6 is 0 Å². The first-order valence-corrected chi connectivity index (χ1v) is 7.07. The van der Waals surface area contributed by atoms with E-state index in [4.69, 9.17) is 0 Å². The second-order valence-electron chi connectivity index (χ2n) is 5.33. The zero-order valence-corrected chi connectivity index (χ0v) is 11.9. The van der Waals surface area contributed by atoms with Gasteiger partial charge in [0.2, 0.25) is 0 Å². The molecule has 1 aromatic rings. The van der Waals surface area contributed by atoms with Gasteiger partial charge in [-0.2, -0.15) is 13.2 Å². The fraction of sp³-hybridized carbons (Fsp3) is 0.600. The van der Waals surface area contributed by atoms with E-state index in [0.717, 1.165) is 25.8 Å². The van der Waals surface area contributed by atoms with E-state index in [1.54, 1.807) is 24.1 Å². The maximum Gasteiger partial charge on any atom is 0.418 e. The Labute approximate surface area is 118 Å². The molecule has 0 radical (unpaired) electrons. The molecule has 0 saturated heterocycles. The quantitative estimate of drug-likeness (QED) is 0.885. The van der Waals surface area contributed by atoms with Crippen LogP contribution in [0.4, 0.5) is 18.9 Å². The van der Waals surface area contributed by atoms with Crippen LogP contribution in [0, 0.1) is 0 Å². The molecule has 0 spiro atoms. The summed E-state index contributed by atoms with van der Waals surface area (Å²) < 4.78 is 39.7. The number of hydrogen-bond donors (Lipinski definition) is 1. The number of hydrogen-bond acceptors (Lipinski definition) is 2. The van der Waals surface area contributed by atoms with Crippen LogP contribution in [0.15, 0.2) is 18.2 Å². The van der Waals surface area contributed by atoms with Crippen molar-refractivity contribution in [1.29, 1.82) is 0 Å². The minimum absolute atomic E-state index is 0.246. The first-order valence-electron chi connectivity index (χ1n) is 7.07. The number of rotatable bonds is 5. The Hall–Kier alpha value is -1.23. The molecule has 2 nitrogen and oxygen atoms in total. The minimum Gasteiger partial charge on any atom is -0.371 e. The molecule has 0 aliphatic heterocycles. The fourth-order valence-electron chi connectivity index (χ4n) is 2.47. The number of anilines is 1. The average Bonchev–Trinajstić information content (AvgIpc) is 2.32. The van der Waals surface area contributed by atoms with Crippen molar-refractivity contribution in [3.8, 4) is 0 Å². The van der Waals surface area contributed by atoms with Crippen molar-refractivity contribution < 1.29 is 13.2 Å². The highest BCUT2D eigenvalue weighted by Crippen LogP contribution is 2.39. The van der Waals surface area contributed by atoms with E-state index >= 15 is 0 Å². The molecule has 0 bridgehead atoms. The van der Waals surface area contributed by atoms with Crippen LogP contribution in [0.5, 0.6) is 0 Å². The predicted molar refractivity (Wildman–Crippen MR) is 74.9 cm³/mol. The fourth-order valence-corrected chi connectivity index (χ4v) is 2.47. The summed E-state index contributed by atoms with van der Waals surface area (Å²) in [4.78, 5) is 1.78. The summed E-state index contributed by atoms with van der Waals surface area (Å²) in [5.74, 6) is 0. The van der Waals surface area contributed by atoms with Crippen LogP contribution < -0.4 is 10.2 Å². The van der Waals surface area contributed by atoms with E-state index in [1.807, 2.05) is 6.92 Å². The number of halogens is 3. The van der Waals surface area contributed by atoms with Crippen molar-refractivity contribution in [3.63, 3.8) is 0 Å². The molecule has 1 aliphatic rings. The Kier molecular flexibility index (Phi) is 4.58. The van der Waals surface area contributed by atoms with Gasteiger partial charge in [-0.1, -0.05) is 13.0 Å². The molecule has 20 heavy (non-hydrogen) atoms. The van der Waals surface area contributed by atoms with Gasteiger partial charge in [-0.05, 0) is 43.5 Å². The molecule has 112 valence electrons. The van der Waals surface area contributed by atoms with E-state index < -0.39 is 11.7 Å². The van der Waals surface area contributed by atoms with Crippen molar-refractivity contribution in [2.24, 2.45) is 0 Å². The van der Waals surface area contributed by atoms with Crippen LogP contribution in [0.1, 0.15) is 37.3 Å². The zero-order valence-electron chi connectivity index (χ0n) is 11.9. The number of alkyl halides is 3. The van der Waals surface area contributed by atoms with Crippen molar-refractivity contribution in [2.75, 3.05) is 18.5 Å². The molecule has 0 aromatic heterocycles. The van der Waals surface area contributed by atoms with Crippen LogP contribution in [0.25, 0.3) is 0 Å². The van der Waals surface area contributed by atoms with Gasteiger partial charge >= 0.3 is 6.18 Å². The van der Waals surface area contributed by atoms with E-state index in [0.29, 0.717) is 17.8 Å². The standard InChI is InChI=1S/C15H21F3N2/c1-3-19-10-11-7-8-14(13(9-11)15(16,17)18)20(2)12-5-4-6-12/h7-9,12,19H,3-6,10H2,1-2H3. The average molecular weight is 286 g/mol. The number of nitrogens with one attached hydrogen (secondary N) is 1. The molecule has 1 N–H and O–H groups in total. The van der Waals surface area contributed by atoms with E-state index in [1.165, 1.54) is 6.07 Å². The monoisotopic (exact) mass is 286 g/mol. The molecular weight excluding hydrogens is 265 g/mol. The van der Waals surface area contributed by atoms with E-state index in [2.05, 4.69) is 5.32 Å². The van der Waals surface area contributed by atoms with Crippen molar-refractivity contribution in [2.45, 2.75) is 44.9 Å². The molecule has 5 heteroatoms. The lowest BCUT2D eigenvalue weighted by molar-refractivity contribution is -0.137. The highest BCUT2D eigenvalue weighted by molar-refractivity contribution is 5.57. The van der Waals surface area contributed by atoms with Crippen molar-refractivity contribution in [1.82, 2.24) is 5.32 Å². The van der Waals surface area contributed by atoms with Gasteiger partial charge in [-0.3, -0.25) is 0 Å². The van der Waals surface area contributed by atoms with Crippen LogP contribution in [-0.2, 0) is 12.7 Å². The first kappa shape index (κ1) is 15.2. The lowest BCUT2D eigenvalue weighted by atomic mass is 9.91. The van der Waals surface area contributed by atoms with E-state index in [-0.39, 0.29) is 6.04 Å². The first-order chi connectivity index (χ1) is 9.43. The summed E-state index contributed by atoms with van der Waals surface area (Å²) in [6.07, 6.45) is -1.25. The summed E-state index contributed by atoms with van der Waals surface area (Å²) in [5.41, 5.74) is 0.440. The summed E-state index contributed by atoms with van der Waals surface area (Å²) in [6, 6.07) is 4.90. The van der Waals surface area contributed by atoms with Gasteiger partial charge in [0.1, 0.15) is 0 Å². The summed E-state index contributed by atoms with van der Waals surface area (Å²) in [7, 11) is 1.76. The molecular formula is C15H21F3N2. The van der Waals surface area contributed by atoms with Crippen LogP contribution in [0.2, 0.25) is 0 Å². The second-order valence-corrected chi connectivity index (χ2v) is 5.33. The predicted octanol–water partition coefficient (Wildman–Crippen LogP) is 3.80. The van der Waals surface area contributed by atoms with Gasteiger partial charge in [-0.15, -0.1) is 0 Å². The Morgan fingerprint density at radius 3 is 2.50 bits per heavy atom.